The molecule has 0 N–H and O–H groups in total. The predicted molar refractivity (Wildman–Crippen MR) is 126 cm³/mol. The van der Waals surface area contributed by atoms with Gasteiger partial charge in [-0.05, 0) is 66.6 Å². The summed E-state index contributed by atoms with van der Waals surface area (Å²) in [7, 11) is 3.94. The largest absolute Gasteiger partial charge is 0.485 e. The zero-order valence-electron chi connectivity index (χ0n) is 18.0. The minimum absolute atomic E-state index is 0.130. The summed E-state index contributed by atoms with van der Waals surface area (Å²) in [5.41, 5.74) is 3.70. The van der Waals surface area contributed by atoms with Crippen molar-refractivity contribution in [3.63, 3.8) is 0 Å². The van der Waals surface area contributed by atoms with Crippen molar-refractivity contribution in [1.82, 2.24) is 0 Å². The highest BCUT2D eigenvalue weighted by molar-refractivity contribution is 6.30. The molecule has 1 heterocycles. The van der Waals surface area contributed by atoms with Crippen LogP contribution in [0, 0.1) is 6.92 Å². The summed E-state index contributed by atoms with van der Waals surface area (Å²) in [4.78, 5) is 27.2. The van der Waals surface area contributed by atoms with Gasteiger partial charge in [0, 0.05) is 36.4 Å². The van der Waals surface area contributed by atoms with E-state index in [0.29, 0.717) is 27.6 Å². The van der Waals surface area contributed by atoms with Gasteiger partial charge in [0.15, 0.2) is 18.1 Å². The molecule has 0 bridgehead atoms. The molecule has 32 heavy (non-hydrogen) atoms. The Kier molecular flexibility index (Phi) is 6.01. The molecule has 0 aliphatic carbocycles. The molecule has 3 aromatic carbocycles. The fourth-order valence-electron chi connectivity index (χ4n) is 3.45. The molecule has 1 aliphatic rings. The zero-order chi connectivity index (χ0) is 22.8. The fourth-order valence-corrected chi connectivity index (χ4v) is 3.57. The topological polar surface area (TPSA) is 55.8 Å². The summed E-state index contributed by atoms with van der Waals surface area (Å²) < 4.78 is 11.5. The molecule has 162 valence electrons. The lowest BCUT2D eigenvalue weighted by atomic mass is 10.0. The Morgan fingerprint density at radius 1 is 1.06 bits per heavy atom. The summed E-state index contributed by atoms with van der Waals surface area (Å²) in [5, 5.41) is 0.566. The van der Waals surface area contributed by atoms with E-state index in [-0.39, 0.29) is 23.9 Å². The summed E-state index contributed by atoms with van der Waals surface area (Å²) in [5.74, 6) is 0.819. The number of carbonyl (C=O) groups excluding carboxylic acids is 2. The van der Waals surface area contributed by atoms with Crippen LogP contribution in [-0.2, 0) is 0 Å². The number of hydrogen-bond donors (Lipinski definition) is 0. The van der Waals surface area contributed by atoms with E-state index in [9.17, 15) is 9.59 Å². The Labute approximate surface area is 191 Å². The van der Waals surface area contributed by atoms with Crippen molar-refractivity contribution in [2.24, 2.45) is 0 Å². The van der Waals surface area contributed by atoms with Gasteiger partial charge in [-0.15, -0.1) is 0 Å². The van der Waals surface area contributed by atoms with Gasteiger partial charge in [0.05, 0.1) is 5.56 Å². The number of anilines is 1. The van der Waals surface area contributed by atoms with Crippen LogP contribution in [0.15, 0.2) is 66.4 Å². The van der Waals surface area contributed by atoms with Crippen LogP contribution in [0.5, 0.6) is 11.5 Å². The van der Waals surface area contributed by atoms with E-state index in [0.717, 1.165) is 16.8 Å². The van der Waals surface area contributed by atoms with E-state index in [1.165, 1.54) is 0 Å². The maximum atomic E-state index is 12.9. The number of ketones is 2. The number of hydrogen-bond acceptors (Lipinski definition) is 5. The molecule has 0 saturated carbocycles. The Bertz CT molecular complexity index is 1210. The van der Waals surface area contributed by atoms with Gasteiger partial charge in [0.2, 0.25) is 5.78 Å². The monoisotopic (exact) mass is 447 g/mol. The zero-order valence-corrected chi connectivity index (χ0v) is 18.8. The van der Waals surface area contributed by atoms with E-state index in [1.807, 2.05) is 50.2 Å². The van der Waals surface area contributed by atoms with Gasteiger partial charge >= 0.3 is 0 Å². The molecule has 0 fully saturated rings. The Morgan fingerprint density at radius 2 is 1.75 bits per heavy atom. The average Bonchev–Trinajstić information content (AvgIpc) is 3.08. The third kappa shape index (κ3) is 4.53. The van der Waals surface area contributed by atoms with Gasteiger partial charge in [0.1, 0.15) is 11.5 Å². The van der Waals surface area contributed by atoms with Gasteiger partial charge in [0.25, 0.3) is 0 Å². The van der Waals surface area contributed by atoms with Crippen LogP contribution in [0.3, 0.4) is 0 Å². The van der Waals surface area contributed by atoms with Gasteiger partial charge in [-0.3, -0.25) is 9.59 Å². The van der Waals surface area contributed by atoms with Crippen molar-refractivity contribution in [2.45, 2.75) is 6.92 Å². The normalized spacial score (nSPS) is 13.6. The highest BCUT2D eigenvalue weighted by Gasteiger charge is 2.30. The molecule has 3 aromatic rings. The molecule has 0 atom stereocenters. The van der Waals surface area contributed by atoms with Crippen LogP contribution in [0.2, 0.25) is 5.02 Å². The third-order valence-electron chi connectivity index (χ3n) is 5.19. The van der Waals surface area contributed by atoms with Crippen LogP contribution in [0.4, 0.5) is 5.69 Å². The smallest absolute Gasteiger partial charge is 0.232 e. The molecule has 0 saturated heterocycles. The lowest BCUT2D eigenvalue weighted by molar-refractivity contribution is 0.0920. The molecular weight excluding hydrogens is 426 g/mol. The number of carbonyl (C=O) groups is 2. The van der Waals surface area contributed by atoms with Crippen LogP contribution in [0.25, 0.3) is 6.08 Å². The molecule has 4 rings (SSSR count). The van der Waals surface area contributed by atoms with E-state index in [1.54, 1.807) is 42.5 Å². The third-order valence-corrected chi connectivity index (χ3v) is 5.44. The first-order chi connectivity index (χ1) is 15.3. The summed E-state index contributed by atoms with van der Waals surface area (Å²) in [6.07, 6.45) is 1.73. The second kappa shape index (κ2) is 8.89. The average molecular weight is 448 g/mol. The molecule has 6 heteroatoms. The molecule has 0 amide bonds. The number of fused-ring (bicyclic) bond motifs is 1. The molecule has 0 radical (unpaired) electrons. The van der Waals surface area contributed by atoms with Gasteiger partial charge < -0.3 is 14.4 Å². The van der Waals surface area contributed by atoms with Crippen molar-refractivity contribution in [3.05, 3.63) is 93.7 Å². The van der Waals surface area contributed by atoms with Gasteiger partial charge in [-0.2, -0.15) is 0 Å². The highest BCUT2D eigenvalue weighted by atomic mass is 35.5. The second-order valence-electron chi connectivity index (χ2n) is 7.76. The first-order valence-corrected chi connectivity index (χ1v) is 10.5. The summed E-state index contributed by atoms with van der Waals surface area (Å²) >= 11 is 5.86. The number of ether oxygens (including phenoxy) is 2. The van der Waals surface area contributed by atoms with Crippen molar-refractivity contribution in [3.8, 4) is 11.5 Å². The SMILES string of the molecule is Cc1cc(OCC(=O)c2ccc(Cl)cc2)cc2c1C(=O)/C(=C/c1ccc(N(C)C)cc1)O2. The lowest BCUT2D eigenvalue weighted by Crippen LogP contribution is -2.11. The van der Waals surface area contributed by atoms with Crippen LogP contribution in [-0.4, -0.2) is 32.3 Å². The Morgan fingerprint density at radius 3 is 2.41 bits per heavy atom. The standard InChI is InChI=1S/C26H22ClNO4/c1-16-12-21(31-15-22(29)18-6-8-19(27)9-7-18)14-23-25(16)26(30)24(32-23)13-17-4-10-20(11-5-17)28(2)3/h4-14H,15H2,1-3H3/b24-13-. The van der Waals surface area contributed by atoms with Crippen molar-refractivity contribution >= 4 is 34.9 Å². The predicted octanol–water partition coefficient (Wildman–Crippen LogP) is 5.59. The minimum atomic E-state index is -0.169. The van der Waals surface area contributed by atoms with Crippen molar-refractivity contribution < 1.29 is 19.1 Å². The molecular formula is C26H22ClNO4. The molecule has 1 aliphatic heterocycles. The highest BCUT2D eigenvalue weighted by Crippen LogP contribution is 2.37. The number of halogens is 1. The molecule has 5 nitrogen and oxygen atoms in total. The number of allylic oxidation sites excluding steroid dienone is 1. The number of rotatable bonds is 6. The fraction of sp³-hybridized carbons (Fsp3) is 0.154. The number of benzene rings is 3. The van der Waals surface area contributed by atoms with E-state index in [2.05, 4.69) is 0 Å². The number of aryl methyl sites for hydroxylation is 1. The van der Waals surface area contributed by atoms with Crippen molar-refractivity contribution in [2.75, 3.05) is 25.6 Å². The summed E-state index contributed by atoms with van der Waals surface area (Å²) in [6, 6.07) is 17.9. The maximum absolute atomic E-state index is 12.9. The van der Waals surface area contributed by atoms with Crippen LogP contribution in [0.1, 0.15) is 31.8 Å². The van der Waals surface area contributed by atoms with Crippen LogP contribution >= 0.6 is 11.6 Å². The Balaban J connectivity index is 1.50. The number of nitrogens with zero attached hydrogens (tertiary/aromatic N) is 1. The quantitative estimate of drug-likeness (QED) is 0.364. The van der Waals surface area contributed by atoms with E-state index in [4.69, 9.17) is 21.1 Å². The van der Waals surface area contributed by atoms with Gasteiger partial charge in [-0.1, -0.05) is 23.7 Å². The van der Waals surface area contributed by atoms with E-state index < -0.39 is 0 Å². The lowest BCUT2D eigenvalue weighted by Gasteiger charge is -2.11. The second-order valence-corrected chi connectivity index (χ2v) is 8.19. The summed E-state index contributed by atoms with van der Waals surface area (Å²) in [6.45, 7) is 1.69. The molecule has 0 aromatic heterocycles. The van der Waals surface area contributed by atoms with Gasteiger partial charge in [-0.25, -0.2) is 0 Å². The van der Waals surface area contributed by atoms with E-state index >= 15 is 0 Å². The molecule has 0 unspecified atom stereocenters. The first kappa shape index (κ1) is 21.7. The minimum Gasteiger partial charge on any atom is -0.485 e. The first-order valence-electron chi connectivity index (χ1n) is 10.1. The molecule has 0 spiro atoms. The van der Waals surface area contributed by atoms with Crippen molar-refractivity contribution in [1.29, 1.82) is 0 Å². The van der Waals surface area contributed by atoms with Crippen LogP contribution < -0.4 is 14.4 Å². The Hall–Kier alpha value is -3.57. The maximum Gasteiger partial charge on any atom is 0.232 e. The number of Topliss-reactive ketones (excluding diaryl/α,β-unsaturated/α-hetero) is 2.